The molecule has 114 valence electrons. The summed E-state index contributed by atoms with van der Waals surface area (Å²) >= 11 is 0. The zero-order valence-electron chi connectivity index (χ0n) is 11.3. The van der Waals surface area contributed by atoms with Crippen molar-refractivity contribution in [3.63, 3.8) is 0 Å². The van der Waals surface area contributed by atoms with Gasteiger partial charge < -0.3 is 16.2 Å². The first-order valence-corrected chi connectivity index (χ1v) is 5.81. The minimum atomic E-state index is -1.56. The molecular formula is C12H14FN3O5. The molecule has 8 nitrogen and oxygen atoms in total. The van der Waals surface area contributed by atoms with Crippen LogP contribution < -0.4 is 11.1 Å². The lowest BCUT2D eigenvalue weighted by molar-refractivity contribution is -0.384. The average Bonchev–Trinajstić information content (AvgIpc) is 2.36. The van der Waals surface area contributed by atoms with Gasteiger partial charge in [-0.1, -0.05) is 0 Å². The predicted octanol–water partition coefficient (Wildman–Crippen LogP) is 1.36. The summed E-state index contributed by atoms with van der Waals surface area (Å²) in [5, 5.41) is 22.3. The van der Waals surface area contributed by atoms with Crippen LogP contribution in [0.25, 0.3) is 0 Å². The van der Waals surface area contributed by atoms with E-state index in [9.17, 15) is 24.1 Å². The van der Waals surface area contributed by atoms with E-state index in [2.05, 4.69) is 5.32 Å². The molecule has 0 heterocycles. The summed E-state index contributed by atoms with van der Waals surface area (Å²) in [5.74, 6) is -3.41. The lowest BCUT2D eigenvalue weighted by Crippen LogP contribution is -2.37. The van der Waals surface area contributed by atoms with Crippen LogP contribution >= 0.6 is 0 Å². The van der Waals surface area contributed by atoms with Crippen molar-refractivity contribution in [3.05, 3.63) is 33.6 Å². The van der Waals surface area contributed by atoms with Gasteiger partial charge in [0.05, 0.1) is 22.0 Å². The number of nitrogens with two attached hydrogens (primary N) is 1. The number of amides is 1. The lowest BCUT2D eigenvalue weighted by atomic mass is 9.92. The number of carboxylic acids is 1. The Balaban J connectivity index is 3.21. The zero-order valence-corrected chi connectivity index (χ0v) is 11.3. The molecule has 1 aromatic rings. The van der Waals surface area contributed by atoms with Crippen LogP contribution in [0.5, 0.6) is 0 Å². The van der Waals surface area contributed by atoms with Gasteiger partial charge >= 0.3 is 5.97 Å². The molecule has 0 saturated heterocycles. The van der Waals surface area contributed by atoms with Crippen molar-refractivity contribution in [2.24, 2.45) is 11.1 Å². The molecule has 0 fully saturated rings. The molecule has 0 aliphatic carbocycles. The Hall–Kier alpha value is -2.71. The van der Waals surface area contributed by atoms with E-state index in [4.69, 9.17) is 10.8 Å². The fourth-order valence-corrected chi connectivity index (χ4v) is 1.42. The third kappa shape index (κ3) is 3.65. The van der Waals surface area contributed by atoms with Gasteiger partial charge in [-0.3, -0.25) is 14.9 Å². The zero-order chi connectivity index (χ0) is 16.4. The second-order valence-electron chi connectivity index (χ2n) is 5.01. The van der Waals surface area contributed by atoms with Crippen molar-refractivity contribution < 1.29 is 24.0 Å². The van der Waals surface area contributed by atoms with Crippen LogP contribution in [-0.2, 0) is 4.79 Å². The first kappa shape index (κ1) is 16.3. The largest absolute Gasteiger partial charge is 0.478 e. The van der Waals surface area contributed by atoms with Crippen molar-refractivity contribution in [3.8, 4) is 0 Å². The van der Waals surface area contributed by atoms with E-state index >= 15 is 0 Å². The van der Waals surface area contributed by atoms with Gasteiger partial charge in [0, 0.05) is 6.54 Å². The topological polar surface area (TPSA) is 136 Å². The van der Waals surface area contributed by atoms with Crippen LogP contribution in [0.4, 0.5) is 15.8 Å². The number of carboxylic acid groups (broad SMARTS) is 1. The number of carbonyl (C=O) groups is 2. The van der Waals surface area contributed by atoms with Gasteiger partial charge in [0.1, 0.15) is 11.5 Å². The van der Waals surface area contributed by atoms with Crippen LogP contribution in [0.3, 0.4) is 0 Å². The van der Waals surface area contributed by atoms with Gasteiger partial charge in [-0.2, -0.15) is 0 Å². The van der Waals surface area contributed by atoms with Gasteiger partial charge in [0.25, 0.3) is 5.69 Å². The van der Waals surface area contributed by atoms with Gasteiger partial charge in [-0.25, -0.2) is 9.18 Å². The molecule has 1 rings (SSSR count). The number of anilines is 1. The second kappa shape index (κ2) is 5.73. The molecule has 0 aliphatic rings. The molecule has 4 N–H and O–H groups in total. The van der Waals surface area contributed by atoms with Crippen molar-refractivity contribution in [1.82, 2.24) is 0 Å². The summed E-state index contributed by atoms with van der Waals surface area (Å²) in [4.78, 5) is 32.1. The van der Waals surface area contributed by atoms with Crippen LogP contribution in [0.2, 0.25) is 0 Å². The van der Waals surface area contributed by atoms with Gasteiger partial charge in [0.15, 0.2) is 0 Å². The maximum Gasteiger partial charge on any atom is 0.338 e. The Morgan fingerprint density at radius 3 is 2.48 bits per heavy atom. The number of nitro groups is 1. The highest BCUT2D eigenvalue weighted by molar-refractivity contribution is 5.90. The summed E-state index contributed by atoms with van der Waals surface area (Å²) < 4.78 is 13.5. The SMILES string of the molecule is CC(C)(CNc1cc(C(=O)O)c(F)cc1[N+](=O)[O-])C(N)=O. The predicted molar refractivity (Wildman–Crippen MR) is 71.5 cm³/mol. The number of carbonyl (C=O) groups excluding carboxylic acids is 1. The molecule has 0 unspecified atom stereocenters. The summed E-state index contributed by atoms with van der Waals surface area (Å²) in [5.41, 5.74) is 2.61. The molecule has 0 aliphatic heterocycles. The maximum absolute atomic E-state index is 13.5. The molecule has 0 spiro atoms. The van der Waals surface area contributed by atoms with E-state index in [0.29, 0.717) is 6.07 Å². The minimum absolute atomic E-state index is 0.0755. The number of hydrogen-bond acceptors (Lipinski definition) is 5. The molecule has 21 heavy (non-hydrogen) atoms. The van der Waals surface area contributed by atoms with E-state index in [1.54, 1.807) is 0 Å². The molecule has 0 aromatic heterocycles. The van der Waals surface area contributed by atoms with Crippen molar-refractivity contribution >= 4 is 23.3 Å². The highest BCUT2D eigenvalue weighted by Crippen LogP contribution is 2.29. The van der Waals surface area contributed by atoms with Crippen LogP contribution in [0, 0.1) is 21.3 Å². The summed E-state index contributed by atoms with van der Waals surface area (Å²) in [7, 11) is 0. The number of rotatable bonds is 6. The summed E-state index contributed by atoms with van der Waals surface area (Å²) in [6.45, 7) is 2.94. The van der Waals surface area contributed by atoms with Gasteiger partial charge in [-0.05, 0) is 19.9 Å². The fraction of sp³-hybridized carbons (Fsp3) is 0.333. The number of aromatic carboxylic acids is 1. The third-order valence-corrected chi connectivity index (χ3v) is 2.90. The van der Waals surface area contributed by atoms with E-state index in [1.165, 1.54) is 13.8 Å². The van der Waals surface area contributed by atoms with Crippen molar-refractivity contribution in [2.75, 3.05) is 11.9 Å². The number of halogens is 1. The highest BCUT2D eigenvalue weighted by Gasteiger charge is 2.27. The number of benzene rings is 1. The summed E-state index contributed by atoms with van der Waals surface area (Å²) in [6, 6.07) is 1.33. The number of primary amides is 1. The number of nitrogens with zero attached hydrogens (tertiary/aromatic N) is 1. The Kier molecular flexibility index (Phi) is 4.46. The molecule has 9 heteroatoms. The number of hydrogen-bond donors (Lipinski definition) is 3. The molecular weight excluding hydrogens is 285 g/mol. The molecule has 0 atom stereocenters. The molecule has 0 saturated carbocycles. The van der Waals surface area contributed by atoms with Crippen molar-refractivity contribution in [1.29, 1.82) is 0 Å². The van der Waals surface area contributed by atoms with Crippen LogP contribution in [0.15, 0.2) is 12.1 Å². The quantitative estimate of drug-likeness (QED) is 0.536. The Bertz CT molecular complexity index is 615. The summed E-state index contributed by atoms with van der Waals surface area (Å²) in [6.07, 6.45) is 0. The lowest BCUT2D eigenvalue weighted by Gasteiger charge is -2.21. The fourth-order valence-electron chi connectivity index (χ4n) is 1.42. The third-order valence-electron chi connectivity index (χ3n) is 2.90. The first-order valence-electron chi connectivity index (χ1n) is 5.81. The van der Waals surface area contributed by atoms with Gasteiger partial charge in [0.2, 0.25) is 5.91 Å². The van der Waals surface area contributed by atoms with E-state index in [-0.39, 0.29) is 12.2 Å². The van der Waals surface area contributed by atoms with Gasteiger partial charge in [-0.15, -0.1) is 0 Å². The minimum Gasteiger partial charge on any atom is -0.478 e. The molecule has 1 amide bonds. The maximum atomic E-state index is 13.5. The molecule has 0 radical (unpaired) electrons. The van der Waals surface area contributed by atoms with Crippen LogP contribution in [0.1, 0.15) is 24.2 Å². The van der Waals surface area contributed by atoms with Crippen molar-refractivity contribution in [2.45, 2.75) is 13.8 Å². The van der Waals surface area contributed by atoms with E-state index < -0.39 is 39.3 Å². The van der Waals surface area contributed by atoms with E-state index in [1.807, 2.05) is 0 Å². The highest BCUT2D eigenvalue weighted by atomic mass is 19.1. The Morgan fingerprint density at radius 1 is 1.48 bits per heavy atom. The van der Waals surface area contributed by atoms with E-state index in [0.717, 1.165) is 6.07 Å². The normalized spacial score (nSPS) is 11.0. The average molecular weight is 299 g/mol. The number of nitro benzene ring substituents is 1. The first-order chi connectivity index (χ1) is 9.56. The Morgan fingerprint density at radius 2 is 2.05 bits per heavy atom. The standard InChI is InChI=1S/C12H14FN3O5/c1-12(2,11(14)19)5-15-8-3-6(10(17)18)7(13)4-9(8)16(20)21/h3-4,15H,5H2,1-2H3,(H2,14,19)(H,17,18). The van der Waals surface area contributed by atoms with Crippen LogP contribution in [-0.4, -0.2) is 28.5 Å². The number of nitrogens with one attached hydrogen (secondary N) is 1. The smallest absolute Gasteiger partial charge is 0.338 e. The monoisotopic (exact) mass is 299 g/mol. The molecule has 0 bridgehead atoms. The second-order valence-corrected chi connectivity index (χ2v) is 5.01. The Labute approximate surface area is 118 Å². The molecule has 1 aromatic carbocycles.